The molecular formula is C22H21BrO7. The number of rotatable bonds is 9. The average molecular weight is 477 g/mol. The molecule has 0 radical (unpaired) electrons. The van der Waals surface area contributed by atoms with E-state index in [1.54, 1.807) is 37.3 Å². The van der Waals surface area contributed by atoms with E-state index in [2.05, 4.69) is 15.9 Å². The van der Waals surface area contributed by atoms with E-state index >= 15 is 0 Å². The third-order valence-electron chi connectivity index (χ3n) is 4.09. The van der Waals surface area contributed by atoms with Gasteiger partial charge < -0.3 is 23.4 Å². The molecule has 158 valence electrons. The Balaban J connectivity index is 1.72. The predicted molar refractivity (Wildman–Crippen MR) is 114 cm³/mol. The van der Waals surface area contributed by atoms with Gasteiger partial charge in [-0.25, -0.2) is 4.79 Å². The van der Waals surface area contributed by atoms with Gasteiger partial charge in [-0.3, -0.25) is 4.79 Å². The van der Waals surface area contributed by atoms with Crippen LogP contribution in [-0.4, -0.2) is 31.9 Å². The van der Waals surface area contributed by atoms with E-state index in [0.29, 0.717) is 35.7 Å². The molecule has 2 aromatic carbocycles. The summed E-state index contributed by atoms with van der Waals surface area (Å²) < 4.78 is 27.8. The van der Waals surface area contributed by atoms with Crippen LogP contribution in [0.4, 0.5) is 0 Å². The molecule has 0 aliphatic heterocycles. The molecular weight excluding hydrogens is 456 g/mol. The van der Waals surface area contributed by atoms with Crippen molar-refractivity contribution in [2.75, 3.05) is 19.8 Å². The molecule has 0 aliphatic rings. The van der Waals surface area contributed by atoms with Crippen LogP contribution in [0.15, 0.2) is 62.4 Å². The Morgan fingerprint density at radius 3 is 2.70 bits per heavy atom. The monoisotopic (exact) mass is 476 g/mol. The molecule has 1 unspecified atom stereocenters. The smallest absolute Gasteiger partial charge is 0.347 e. The minimum atomic E-state index is -0.825. The lowest BCUT2D eigenvalue weighted by atomic mass is 10.2. The first kappa shape index (κ1) is 21.9. The minimum Gasteiger partial charge on any atom is -0.479 e. The highest BCUT2D eigenvalue weighted by atomic mass is 79.9. The Hall–Kier alpha value is -2.84. The van der Waals surface area contributed by atoms with Crippen molar-refractivity contribution in [3.8, 4) is 17.2 Å². The highest BCUT2D eigenvalue weighted by Gasteiger charge is 2.17. The molecule has 0 bridgehead atoms. The first-order valence-electron chi connectivity index (χ1n) is 9.38. The van der Waals surface area contributed by atoms with Gasteiger partial charge in [-0.2, -0.15) is 0 Å². The second kappa shape index (κ2) is 10.3. The number of carbonyl (C=O) groups excluding carboxylic acids is 1. The highest BCUT2D eigenvalue weighted by molar-refractivity contribution is 9.10. The summed E-state index contributed by atoms with van der Waals surface area (Å²) in [6.07, 6.45) is 0.424. The van der Waals surface area contributed by atoms with Gasteiger partial charge in [0, 0.05) is 12.7 Å². The molecule has 7 nitrogen and oxygen atoms in total. The molecule has 0 saturated heterocycles. The maximum absolute atomic E-state index is 12.7. The molecule has 8 heteroatoms. The molecule has 0 aliphatic carbocycles. The highest BCUT2D eigenvalue weighted by Crippen LogP contribution is 2.29. The van der Waals surface area contributed by atoms with Crippen molar-refractivity contribution in [1.29, 1.82) is 0 Å². The van der Waals surface area contributed by atoms with Crippen LogP contribution in [0.3, 0.4) is 0 Å². The van der Waals surface area contributed by atoms with Gasteiger partial charge >= 0.3 is 5.97 Å². The summed E-state index contributed by atoms with van der Waals surface area (Å²) in [5.74, 6) is 0.433. The first-order valence-corrected chi connectivity index (χ1v) is 10.2. The molecule has 3 rings (SSSR count). The van der Waals surface area contributed by atoms with Crippen LogP contribution < -0.4 is 14.9 Å². The number of fused-ring (bicyclic) bond motifs is 1. The van der Waals surface area contributed by atoms with E-state index in [9.17, 15) is 9.59 Å². The van der Waals surface area contributed by atoms with Crippen molar-refractivity contribution in [2.45, 2.75) is 20.0 Å². The topological polar surface area (TPSA) is 84.2 Å². The third kappa shape index (κ3) is 5.40. The fourth-order valence-corrected chi connectivity index (χ4v) is 2.96. The van der Waals surface area contributed by atoms with E-state index in [4.69, 9.17) is 23.4 Å². The number of ether oxygens (including phenoxy) is 4. The van der Waals surface area contributed by atoms with Gasteiger partial charge in [-0.05, 0) is 54.0 Å². The van der Waals surface area contributed by atoms with Crippen LogP contribution in [0.1, 0.15) is 13.8 Å². The number of hydrogen-bond donors (Lipinski definition) is 0. The van der Waals surface area contributed by atoms with E-state index in [0.717, 1.165) is 4.47 Å². The number of esters is 1. The van der Waals surface area contributed by atoms with Gasteiger partial charge in [0.15, 0.2) is 6.10 Å². The summed E-state index contributed by atoms with van der Waals surface area (Å²) in [5.41, 5.74) is -0.00386. The normalized spacial score (nSPS) is 11.8. The summed E-state index contributed by atoms with van der Waals surface area (Å²) in [7, 11) is 0. The van der Waals surface area contributed by atoms with Crippen molar-refractivity contribution in [3.05, 3.63) is 63.4 Å². The van der Waals surface area contributed by atoms with Crippen LogP contribution in [0.25, 0.3) is 11.0 Å². The number of benzene rings is 2. The number of carbonyl (C=O) groups is 1. The summed E-state index contributed by atoms with van der Waals surface area (Å²) in [6.45, 7) is 4.49. The standard InChI is InChI=1S/C22H21BrO7/c1-3-26-10-11-27-22(25)14(2)29-15-8-9-16-19(12-15)28-13-20(21(16)24)30-18-7-5-4-6-17(18)23/h4-9,12-14H,3,10-11H2,1-2H3. The van der Waals surface area contributed by atoms with Crippen molar-refractivity contribution in [2.24, 2.45) is 0 Å². The zero-order valence-electron chi connectivity index (χ0n) is 16.6. The molecule has 30 heavy (non-hydrogen) atoms. The van der Waals surface area contributed by atoms with Gasteiger partial charge in [0.2, 0.25) is 11.2 Å². The van der Waals surface area contributed by atoms with E-state index in [-0.39, 0.29) is 17.8 Å². The molecule has 1 heterocycles. The van der Waals surface area contributed by atoms with Gasteiger partial charge in [0.1, 0.15) is 30.0 Å². The largest absolute Gasteiger partial charge is 0.479 e. The molecule has 3 aromatic rings. The molecule has 0 fully saturated rings. The van der Waals surface area contributed by atoms with Gasteiger partial charge in [0.05, 0.1) is 16.5 Å². The summed E-state index contributed by atoms with van der Waals surface area (Å²) in [4.78, 5) is 24.7. The molecule has 0 amide bonds. The van der Waals surface area contributed by atoms with Crippen LogP contribution in [0, 0.1) is 0 Å². The lowest BCUT2D eigenvalue weighted by molar-refractivity contribution is -0.152. The van der Waals surface area contributed by atoms with Gasteiger partial charge in [-0.1, -0.05) is 12.1 Å². The maximum Gasteiger partial charge on any atom is 0.347 e. The van der Waals surface area contributed by atoms with Crippen LogP contribution in [0.5, 0.6) is 17.2 Å². The molecule has 0 spiro atoms. The Morgan fingerprint density at radius 1 is 1.13 bits per heavy atom. The quantitative estimate of drug-likeness (QED) is 0.327. The summed E-state index contributed by atoms with van der Waals surface area (Å²) in [5, 5.41) is 0.332. The fourth-order valence-electron chi connectivity index (χ4n) is 2.60. The second-order valence-corrected chi connectivity index (χ2v) is 7.10. The lowest BCUT2D eigenvalue weighted by Gasteiger charge is -2.14. The number of halogens is 1. The van der Waals surface area contributed by atoms with Crippen molar-refractivity contribution in [1.82, 2.24) is 0 Å². The Kier molecular flexibility index (Phi) is 7.48. The number of para-hydroxylation sites is 1. The van der Waals surface area contributed by atoms with Crippen molar-refractivity contribution < 1.29 is 28.2 Å². The maximum atomic E-state index is 12.7. The second-order valence-electron chi connectivity index (χ2n) is 6.24. The van der Waals surface area contributed by atoms with Crippen LogP contribution in [0.2, 0.25) is 0 Å². The Labute approximate surface area is 181 Å². The van der Waals surface area contributed by atoms with Crippen molar-refractivity contribution >= 4 is 32.9 Å². The van der Waals surface area contributed by atoms with Gasteiger partial charge in [0.25, 0.3) is 0 Å². The zero-order valence-corrected chi connectivity index (χ0v) is 18.1. The third-order valence-corrected chi connectivity index (χ3v) is 4.75. The predicted octanol–water partition coefficient (Wildman–Crippen LogP) is 4.69. The SMILES string of the molecule is CCOCCOC(=O)C(C)Oc1ccc2c(=O)c(Oc3ccccc3Br)coc2c1. The molecule has 0 saturated carbocycles. The Bertz CT molecular complexity index is 1080. The minimum absolute atomic E-state index is 0.0642. The van der Waals surface area contributed by atoms with Crippen LogP contribution >= 0.6 is 15.9 Å². The Morgan fingerprint density at radius 2 is 1.93 bits per heavy atom. The van der Waals surface area contributed by atoms with E-state index in [1.165, 1.54) is 6.26 Å². The first-order chi connectivity index (χ1) is 14.5. The van der Waals surface area contributed by atoms with Crippen LogP contribution in [-0.2, 0) is 14.3 Å². The molecule has 1 atom stereocenters. The van der Waals surface area contributed by atoms with Gasteiger partial charge in [-0.15, -0.1) is 0 Å². The fraction of sp³-hybridized carbons (Fsp3) is 0.273. The van der Waals surface area contributed by atoms with E-state index in [1.807, 2.05) is 19.1 Å². The summed E-state index contributed by atoms with van der Waals surface area (Å²) >= 11 is 3.38. The molecule has 0 N–H and O–H groups in total. The molecule has 1 aromatic heterocycles. The zero-order chi connectivity index (χ0) is 21.5. The lowest BCUT2D eigenvalue weighted by Crippen LogP contribution is -2.27. The van der Waals surface area contributed by atoms with E-state index < -0.39 is 12.1 Å². The van der Waals surface area contributed by atoms with Crippen molar-refractivity contribution in [3.63, 3.8) is 0 Å². The average Bonchev–Trinajstić information content (AvgIpc) is 2.74. The number of hydrogen-bond acceptors (Lipinski definition) is 7. The summed E-state index contributed by atoms with van der Waals surface area (Å²) in [6, 6.07) is 11.9.